The summed E-state index contributed by atoms with van der Waals surface area (Å²) in [5, 5.41) is 0.646. The Morgan fingerprint density at radius 1 is 0.842 bits per heavy atom. The zero-order chi connectivity index (χ0) is 14.2. The lowest BCUT2D eigenvalue weighted by atomic mass is 10.0. The molecule has 0 bridgehead atoms. The first kappa shape index (κ1) is 15.0. The van der Waals surface area contributed by atoms with Crippen molar-refractivity contribution in [3.63, 3.8) is 0 Å². The van der Waals surface area contributed by atoms with Crippen LogP contribution in [0.15, 0.2) is 30.3 Å². The highest BCUT2D eigenvalue weighted by molar-refractivity contribution is 6.68. The molecule has 2 aromatic rings. The minimum atomic E-state index is -0.603. The van der Waals surface area contributed by atoms with E-state index in [1.54, 1.807) is 24.3 Å². The first-order valence-corrected chi connectivity index (χ1v) is 6.94. The van der Waals surface area contributed by atoms with Gasteiger partial charge in [0.15, 0.2) is 0 Å². The molecule has 0 radical (unpaired) electrons. The van der Waals surface area contributed by atoms with E-state index in [9.17, 15) is 4.79 Å². The average molecular weight is 354 g/mol. The van der Waals surface area contributed by atoms with Gasteiger partial charge in [-0.25, -0.2) is 0 Å². The van der Waals surface area contributed by atoms with E-state index in [4.69, 9.17) is 58.0 Å². The van der Waals surface area contributed by atoms with Crippen molar-refractivity contribution in [2.75, 3.05) is 0 Å². The van der Waals surface area contributed by atoms with E-state index >= 15 is 0 Å². The summed E-state index contributed by atoms with van der Waals surface area (Å²) in [4.78, 5) is 11.4. The molecule has 0 saturated heterocycles. The second-order valence-electron chi connectivity index (χ2n) is 3.69. The van der Waals surface area contributed by atoms with Crippen LogP contribution in [-0.4, -0.2) is 5.24 Å². The first-order valence-electron chi connectivity index (χ1n) is 5.05. The molecule has 0 fully saturated rings. The minimum absolute atomic E-state index is 0.216. The summed E-state index contributed by atoms with van der Waals surface area (Å²) in [5.74, 6) is 0. The summed E-state index contributed by atoms with van der Waals surface area (Å²) in [6.07, 6.45) is 0. The Kier molecular flexibility index (Phi) is 4.65. The molecule has 0 N–H and O–H groups in total. The molecule has 2 rings (SSSR count). The summed E-state index contributed by atoms with van der Waals surface area (Å²) in [7, 11) is 0. The number of halogens is 5. The zero-order valence-electron chi connectivity index (χ0n) is 9.18. The Labute approximate surface area is 135 Å². The highest BCUT2D eigenvalue weighted by Crippen LogP contribution is 2.40. The number of hydrogen-bond donors (Lipinski definition) is 0. The molecule has 19 heavy (non-hydrogen) atoms. The Hall–Kier alpha value is -0.440. The largest absolute Gasteiger partial charge is 0.276 e. The predicted octanol–water partition coefficient (Wildman–Crippen LogP) is 6.35. The molecular weight excluding hydrogens is 349 g/mol. The molecular formula is C13H5Cl5O. The van der Waals surface area contributed by atoms with Crippen LogP contribution < -0.4 is 0 Å². The predicted molar refractivity (Wildman–Crippen MR) is 82.1 cm³/mol. The molecule has 0 saturated carbocycles. The highest BCUT2D eigenvalue weighted by atomic mass is 35.5. The van der Waals surface area contributed by atoms with Crippen molar-refractivity contribution < 1.29 is 4.79 Å². The third kappa shape index (κ3) is 3.01. The van der Waals surface area contributed by atoms with E-state index in [1.807, 2.05) is 0 Å². The Morgan fingerprint density at radius 2 is 1.53 bits per heavy atom. The Bertz CT molecular complexity index is 666. The van der Waals surface area contributed by atoms with E-state index < -0.39 is 5.24 Å². The van der Waals surface area contributed by atoms with Crippen molar-refractivity contribution in [3.05, 3.63) is 56.0 Å². The quantitative estimate of drug-likeness (QED) is 0.454. The molecule has 0 amide bonds. The lowest BCUT2D eigenvalue weighted by Crippen LogP contribution is -1.94. The number of carbonyl (C=O) groups excluding carboxylic acids is 1. The van der Waals surface area contributed by atoms with Gasteiger partial charge in [-0.2, -0.15) is 0 Å². The summed E-state index contributed by atoms with van der Waals surface area (Å²) >= 11 is 29.5. The number of hydrogen-bond acceptors (Lipinski definition) is 1. The average Bonchev–Trinajstić information content (AvgIpc) is 2.35. The van der Waals surface area contributed by atoms with Gasteiger partial charge in [0.05, 0.1) is 15.1 Å². The van der Waals surface area contributed by atoms with E-state index in [0.29, 0.717) is 26.7 Å². The van der Waals surface area contributed by atoms with E-state index in [1.165, 1.54) is 6.07 Å². The lowest BCUT2D eigenvalue weighted by molar-refractivity contribution is 0.108. The molecule has 98 valence electrons. The third-order valence-corrected chi connectivity index (χ3v) is 4.25. The van der Waals surface area contributed by atoms with Gasteiger partial charge in [0.25, 0.3) is 5.24 Å². The molecule has 0 heterocycles. The summed E-state index contributed by atoms with van der Waals surface area (Å²) in [5.41, 5.74) is 1.35. The van der Waals surface area contributed by atoms with Crippen LogP contribution in [0.3, 0.4) is 0 Å². The maximum absolute atomic E-state index is 11.4. The molecule has 0 spiro atoms. The van der Waals surface area contributed by atoms with Crippen molar-refractivity contribution in [2.45, 2.75) is 0 Å². The lowest BCUT2D eigenvalue weighted by Gasteiger charge is -2.11. The van der Waals surface area contributed by atoms with Crippen LogP contribution in [0.4, 0.5) is 0 Å². The van der Waals surface area contributed by atoms with Crippen LogP contribution in [0, 0.1) is 0 Å². The van der Waals surface area contributed by atoms with Crippen LogP contribution in [0.25, 0.3) is 11.1 Å². The van der Waals surface area contributed by atoms with Gasteiger partial charge in [0.1, 0.15) is 0 Å². The third-order valence-electron chi connectivity index (χ3n) is 2.52. The van der Waals surface area contributed by atoms with Gasteiger partial charge in [0.2, 0.25) is 0 Å². The monoisotopic (exact) mass is 352 g/mol. The molecule has 0 atom stereocenters. The van der Waals surface area contributed by atoms with Crippen LogP contribution >= 0.6 is 58.0 Å². The SMILES string of the molecule is O=C(Cl)c1ccc(Cl)cc1-c1ccc(Cl)c(Cl)c1Cl. The molecule has 0 aliphatic heterocycles. The van der Waals surface area contributed by atoms with Crippen molar-refractivity contribution >= 4 is 63.2 Å². The molecule has 2 aromatic carbocycles. The fraction of sp³-hybridized carbons (Fsp3) is 0. The normalized spacial score (nSPS) is 10.6. The molecule has 0 aliphatic carbocycles. The van der Waals surface area contributed by atoms with Crippen LogP contribution in [0.2, 0.25) is 20.1 Å². The fourth-order valence-electron chi connectivity index (χ4n) is 1.64. The second-order valence-corrected chi connectivity index (χ2v) is 5.63. The van der Waals surface area contributed by atoms with E-state index in [-0.39, 0.29) is 10.0 Å². The van der Waals surface area contributed by atoms with Crippen molar-refractivity contribution in [2.24, 2.45) is 0 Å². The minimum Gasteiger partial charge on any atom is -0.276 e. The van der Waals surface area contributed by atoms with Crippen molar-refractivity contribution in [3.8, 4) is 11.1 Å². The number of carbonyl (C=O) groups is 1. The second kappa shape index (κ2) is 5.90. The van der Waals surface area contributed by atoms with Crippen molar-refractivity contribution in [1.82, 2.24) is 0 Å². The Balaban J connectivity index is 2.75. The van der Waals surface area contributed by atoms with Crippen LogP contribution in [0.5, 0.6) is 0 Å². The fourth-order valence-corrected chi connectivity index (χ4v) is 2.62. The van der Waals surface area contributed by atoms with Gasteiger partial charge in [0, 0.05) is 16.1 Å². The topological polar surface area (TPSA) is 17.1 Å². The molecule has 0 aliphatic rings. The van der Waals surface area contributed by atoms with Gasteiger partial charge in [-0.05, 0) is 41.4 Å². The zero-order valence-corrected chi connectivity index (χ0v) is 13.0. The van der Waals surface area contributed by atoms with Crippen molar-refractivity contribution in [1.29, 1.82) is 0 Å². The summed E-state index contributed by atoms with van der Waals surface area (Å²) in [6.45, 7) is 0. The Morgan fingerprint density at radius 3 is 2.16 bits per heavy atom. The smallest absolute Gasteiger partial charge is 0.253 e. The maximum atomic E-state index is 11.4. The van der Waals surface area contributed by atoms with Crippen LogP contribution in [0.1, 0.15) is 10.4 Å². The summed E-state index contributed by atoms with van der Waals surface area (Å²) < 4.78 is 0. The van der Waals surface area contributed by atoms with Gasteiger partial charge in [-0.1, -0.05) is 52.5 Å². The van der Waals surface area contributed by atoms with Gasteiger partial charge >= 0.3 is 0 Å². The van der Waals surface area contributed by atoms with E-state index in [0.717, 1.165) is 0 Å². The highest BCUT2D eigenvalue weighted by Gasteiger charge is 2.16. The molecule has 1 nitrogen and oxygen atoms in total. The molecule has 6 heteroatoms. The van der Waals surface area contributed by atoms with E-state index in [2.05, 4.69) is 0 Å². The number of rotatable bonds is 2. The van der Waals surface area contributed by atoms with Gasteiger partial charge in [-0.15, -0.1) is 0 Å². The van der Waals surface area contributed by atoms with Gasteiger partial charge < -0.3 is 0 Å². The maximum Gasteiger partial charge on any atom is 0.253 e. The number of benzene rings is 2. The molecule has 0 aromatic heterocycles. The van der Waals surface area contributed by atoms with Crippen LogP contribution in [-0.2, 0) is 0 Å². The van der Waals surface area contributed by atoms with Gasteiger partial charge in [-0.3, -0.25) is 4.79 Å². The summed E-state index contributed by atoms with van der Waals surface area (Å²) in [6, 6.07) is 7.96. The first-order chi connectivity index (χ1) is 8.91. The standard InChI is InChI=1S/C13H5Cl5O/c14-6-1-2-8(13(18)19)9(5-6)7-3-4-10(15)12(17)11(7)16/h1-5H. The molecule has 0 unspecified atom stereocenters.